The van der Waals surface area contributed by atoms with E-state index in [0.29, 0.717) is 11.4 Å². The summed E-state index contributed by atoms with van der Waals surface area (Å²) in [5, 5.41) is 1.90. The van der Waals surface area contributed by atoms with Gasteiger partial charge in [0.05, 0.1) is 32.7 Å². The number of carbonyl (C=O) groups is 1. The number of aromatic nitrogens is 2. The first-order valence-corrected chi connectivity index (χ1v) is 8.87. The lowest BCUT2D eigenvalue weighted by molar-refractivity contribution is -0.483. The SMILES string of the molecule is COC(=O)N(C)c1cc([NH2+]c2cc(-c3ccccc3OC)ncn2)ccc1OC. The normalized spacial score (nSPS) is 10.3. The predicted molar refractivity (Wildman–Crippen MR) is 109 cm³/mol. The summed E-state index contributed by atoms with van der Waals surface area (Å²) in [6, 6.07) is 15.1. The number of amides is 1. The lowest BCUT2D eigenvalue weighted by Gasteiger charge is -2.18. The highest BCUT2D eigenvalue weighted by molar-refractivity contribution is 5.89. The van der Waals surface area contributed by atoms with Gasteiger partial charge in [0, 0.05) is 30.8 Å². The van der Waals surface area contributed by atoms with E-state index in [1.807, 2.05) is 47.8 Å². The summed E-state index contributed by atoms with van der Waals surface area (Å²) in [6.45, 7) is 0. The van der Waals surface area contributed by atoms with E-state index in [4.69, 9.17) is 14.2 Å². The summed E-state index contributed by atoms with van der Waals surface area (Å²) in [7, 11) is 6.14. The van der Waals surface area contributed by atoms with Gasteiger partial charge in [0.15, 0.2) is 0 Å². The number of ether oxygens (including phenoxy) is 3. The van der Waals surface area contributed by atoms with Gasteiger partial charge in [-0.15, -0.1) is 0 Å². The van der Waals surface area contributed by atoms with E-state index >= 15 is 0 Å². The van der Waals surface area contributed by atoms with E-state index in [1.54, 1.807) is 27.3 Å². The molecule has 0 radical (unpaired) electrons. The third-order valence-corrected chi connectivity index (χ3v) is 4.40. The Morgan fingerprint density at radius 1 is 0.966 bits per heavy atom. The molecule has 150 valence electrons. The van der Waals surface area contributed by atoms with Crippen LogP contribution >= 0.6 is 0 Å². The number of quaternary nitrogens is 1. The van der Waals surface area contributed by atoms with Gasteiger partial charge in [0.1, 0.15) is 23.5 Å². The fourth-order valence-corrected chi connectivity index (χ4v) is 2.92. The highest BCUT2D eigenvalue weighted by Crippen LogP contribution is 2.31. The first-order valence-electron chi connectivity index (χ1n) is 8.87. The Kier molecular flexibility index (Phi) is 6.25. The minimum Gasteiger partial charge on any atom is -0.496 e. The van der Waals surface area contributed by atoms with E-state index in [-0.39, 0.29) is 0 Å². The highest BCUT2D eigenvalue weighted by atomic mass is 16.5. The summed E-state index contributed by atoms with van der Waals surface area (Å²) < 4.78 is 15.6. The van der Waals surface area contributed by atoms with Crippen LogP contribution < -0.4 is 19.7 Å². The number of rotatable bonds is 6. The molecule has 0 unspecified atom stereocenters. The topological polar surface area (TPSA) is 90.4 Å². The number of hydrogen-bond acceptors (Lipinski definition) is 6. The zero-order chi connectivity index (χ0) is 20.8. The molecule has 3 rings (SSSR count). The van der Waals surface area contributed by atoms with E-state index in [9.17, 15) is 4.79 Å². The van der Waals surface area contributed by atoms with Gasteiger partial charge in [-0.2, -0.15) is 4.98 Å². The first-order chi connectivity index (χ1) is 14.1. The molecular weight excluding hydrogens is 372 g/mol. The van der Waals surface area contributed by atoms with Gasteiger partial charge in [-0.3, -0.25) is 10.2 Å². The lowest BCUT2D eigenvalue weighted by Crippen LogP contribution is -2.71. The highest BCUT2D eigenvalue weighted by Gasteiger charge is 2.18. The molecule has 0 spiro atoms. The van der Waals surface area contributed by atoms with Crippen molar-refractivity contribution in [2.24, 2.45) is 0 Å². The van der Waals surface area contributed by atoms with Crippen LogP contribution in [0.5, 0.6) is 11.5 Å². The molecule has 1 heterocycles. The van der Waals surface area contributed by atoms with Gasteiger partial charge < -0.3 is 14.2 Å². The van der Waals surface area contributed by atoms with Crippen molar-refractivity contribution >= 4 is 23.3 Å². The molecule has 0 saturated carbocycles. The van der Waals surface area contributed by atoms with Gasteiger partial charge in [0.2, 0.25) is 5.82 Å². The molecule has 0 saturated heterocycles. The zero-order valence-corrected chi connectivity index (χ0v) is 16.7. The second-order valence-corrected chi connectivity index (χ2v) is 6.13. The number of carbonyl (C=O) groups excluding carboxylic acids is 1. The Balaban J connectivity index is 1.92. The van der Waals surface area contributed by atoms with E-state index in [2.05, 4.69) is 9.97 Å². The molecule has 1 amide bonds. The quantitative estimate of drug-likeness (QED) is 0.646. The zero-order valence-electron chi connectivity index (χ0n) is 16.7. The molecule has 0 aliphatic heterocycles. The maximum atomic E-state index is 11.9. The molecule has 2 aromatic carbocycles. The van der Waals surface area contributed by atoms with E-state index in [0.717, 1.165) is 28.5 Å². The predicted octanol–water partition coefficient (Wildman–Crippen LogP) is 2.89. The van der Waals surface area contributed by atoms with Crippen molar-refractivity contribution in [1.29, 1.82) is 0 Å². The molecule has 0 aliphatic carbocycles. The number of hydrogen-bond donors (Lipinski definition) is 1. The number of benzene rings is 2. The van der Waals surface area contributed by atoms with Gasteiger partial charge in [-0.1, -0.05) is 12.1 Å². The first kappa shape index (κ1) is 20.1. The van der Waals surface area contributed by atoms with Crippen LogP contribution in [0.3, 0.4) is 0 Å². The molecule has 0 bridgehead atoms. The number of para-hydroxylation sites is 1. The smallest absolute Gasteiger partial charge is 0.413 e. The van der Waals surface area contributed by atoms with Crippen molar-refractivity contribution in [1.82, 2.24) is 9.97 Å². The summed E-state index contributed by atoms with van der Waals surface area (Å²) in [5.74, 6) is 2.02. The van der Waals surface area contributed by atoms with Crippen LogP contribution in [0.25, 0.3) is 11.3 Å². The molecule has 2 N–H and O–H groups in total. The van der Waals surface area contributed by atoms with E-state index < -0.39 is 6.09 Å². The fraction of sp³-hybridized carbons (Fsp3) is 0.190. The molecule has 0 aliphatic rings. The Labute approximate surface area is 169 Å². The standard InChI is InChI=1S/C21H22N4O4/c1-25(21(26)29-4)17-11-14(9-10-19(17)28-3)24-20-12-16(22-13-23-20)15-7-5-6-8-18(15)27-2/h5-13H,1-4H3,(H,22,23,24)/p+1. The van der Waals surface area contributed by atoms with Gasteiger partial charge >= 0.3 is 6.09 Å². The lowest BCUT2D eigenvalue weighted by atomic mass is 10.1. The monoisotopic (exact) mass is 395 g/mol. The minimum absolute atomic E-state index is 0.485. The van der Waals surface area contributed by atoms with Gasteiger partial charge in [-0.05, 0) is 18.2 Å². The molecule has 8 nitrogen and oxygen atoms in total. The van der Waals surface area contributed by atoms with Gasteiger partial charge in [0.25, 0.3) is 0 Å². The van der Waals surface area contributed by atoms with Crippen molar-refractivity contribution < 1.29 is 24.3 Å². The van der Waals surface area contributed by atoms with Crippen LogP contribution in [-0.2, 0) is 4.74 Å². The number of nitrogens with two attached hydrogens (primary N) is 1. The van der Waals surface area contributed by atoms with E-state index in [1.165, 1.54) is 18.3 Å². The maximum Gasteiger partial charge on any atom is 0.413 e. The average molecular weight is 395 g/mol. The summed E-state index contributed by atoms with van der Waals surface area (Å²) in [6.07, 6.45) is 1.03. The van der Waals surface area contributed by atoms with Crippen LogP contribution in [0.4, 0.5) is 22.0 Å². The third-order valence-electron chi connectivity index (χ3n) is 4.40. The second-order valence-electron chi connectivity index (χ2n) is 6.13. The largest absolute Gasteiger partial charge is 0.496 e. The molecule has 1 aromatic heterocycles. The Morgan fingerprint density at radius 3 is 2.45 bits per heavy atom. The van der Waals surface area contributed by atoms with Crippen molar-refractivity contribution in [3.8, 4) is 22.8 Å². The van der Waals surface area contributed by atoms with Crippen molar-refractivity contribution in [3.05, 3.63) is 54.9 Å². The number of methoxy groups -OCH3 is 3. The molecule has 3 aromatic rings. The van der Waals surface area contributed by atoms with Crippen LogP contribution in [0.15, 0.2) is 54.9 Å². The molecular formula is C21H23N4O4+. The van der Waals surface area contributed by atoms with Crippen LogP contribution in [0.2, 0.25) is 0 Å². The van der Waals surface area contributed by atoms with Gasteiger partial charge in [-0.25, -0.2) is 9.78 Å². The maximum absolute atomic E-state index is 11.9. The molecule has 8 heteroatoms. The summed E-state index contributed by atoms with van der Waals surface area (Å²) in [4.78, 5) is 22.0. The minimum atomic E-state index is -0.485. The summed E-state index contributed by atoms with van der Waals surface area (Å²) >= 11 is 0. The Bertz CT molecular complexity index is 1010. The number of nitrogens with zero attached hydrogens (tertiary/aromatic N) is 3. The summed E-state index contributed by atoms with van der Waals surface area (Å²) in [5.41, 5.74) is 3.07. The average Bonchev–Trinajstić information content (AvgIpc) is 2.78. The third kappa shape index (κ3) is 4.44. The molecule has 0 atom stereocenters. The van der Waals surface area contributed by atoms with Crippen molar-refractivity contribution in [3.63, 3.8) is 0 Å². The Morgan fingerprint density at radius 2 is 1.72 bits per heavy atom. The van der Waals surface area contributed by atoms with Crippen molar-refractivity contribution in [2.75, 3.05) is 33.3 Å². The molecule has 29 heavy (non-hydrogen) atoms. The van der Waals surface area contributed by atoms with Crippen LogP contribution in [0, 0.1) is 0 Å². The van der Waals surface area contributed by atoms with Crippen LogP contribution in [0.1, 0.15) is 0 Å². The molecule has 0 fully saturated rings. The second kappa shape index (κ2) is 9.03. The van der Waals surface area contributed by atoms with Crippen LogP contribution in [-0.4, -0.2) is 44.4 Å². The van der Waals surface area contributed by atoms with Crippen molar-refractivity contribution in [2.45, 2.75) is 0 Å². The Hall–Kier alpha value is -3.65. The number of anilines is 1. The fourth-order valence-electron chi connectivity index (χ4n) is 2.92.